The Labute approximate surface area is 58.3 Å². The van der Waals surface area contributed by atoms with Gasteiger partial charge in [-0.3, -0.25) is 4.98 Å². The molecule has 54 valence electrons. The number of rotatable bonds is 2. The standard InChI is InChI=1S/C7H8FNO/c8-5-7(10)6-1-3-9-4-2-6/h1-4,7,10H,5H2. The Bertz CT molecular complexity index is 190. The molecule has 3 heteroatoms. The molecule has 1 N–H and O–H groups in total. The lowest BCUT2D eigenvalue weighted by Crippen LogP contribution is -1.98. The quantitative estimate of drug-likeness (QED) is 0.668. The third-order valence-electron chi connectivity index (χ3n) is 1.24. The molecule has 0 radical (unpaired) electrons. The van der Waals surface area contributed by atoms with E-state index in [1.807, 2.05) is 0 Å². The van der Waals surface area contributed by atoms with Gasteiger partial charge < -0.3 is 5.11 Å². The number of alkyl halides is 1. The van der Waals surface area contributed by atoms with Crippen LogP contribution >= 0.6 is 0 Å². The average Bonchev–Trinajstić information content (AvgIpc) is 2.05. The lowest BCUT2D eigenvalue weighted by molar-refractivity contribution is 0.141. The molecule has 2 nitrogen and oxygen atoms in total. The minimum absolute atomic E-state index is 0.567. The molecule has 0 saturated carbocycles. The van der Waals surface area contributed by atoms with E-state index in [2.05, 4.69) is 4.98 Å². The van der Waals surface area contributed by atoms with Crippen LogP contribution in [0, 0.1) is 0 Å². The Morgan fingerprint density at radius 1 is 1.50 bits per heavy atom. The van der Waals surface area contributed by atoms with Crippen molar-refractivity contribution in [2.24, 2.45) is 0 Å². The van der Waals surface area contributed by atoms with E-state index in [9.17, 15) is 4.39 Å². The van der Waals surface area contributed by atoms with Crippen LogP contribution in [0.15, 0.2) is 24.5 Å². The fraction of sp³-hybridized carbons (Fsp3) is 0.286. The Hall–Kier alpha value is -0.960. The lowest BCUT2D eigenvalue weighted by atomic mass is 10.2. The Kier molecular flexibility index (Phi) is 2.34. The van der Waals surface area contributed by atoms with E-state index in [1.165, 1.54) is 12.4 Å². The fourth-order valence-corrected chi connectivity index (χ4v) is 0.675. The molecule has 0 saturated heterocycles. The zero-order valence-electron chi connectivity index (χ0n) is 5.37. The summed E-state index contributed by atoms with van der Waals surface area (Å²) in [6, 6.07) is 3.18. The summed E-state index contributed by atoms with van der Waals surface area (Å²) in [5.41, 5.74) is 0.567. The van der Waals surface area contributed by atoms with Gasteiger partial charge in [-0.05, 0) is 17.7 Å². The molecule has 0 fully saturated rings. The highest BCUT2D eigenvalue weighted by Crippen LogP contribution is 2.10. The van der Waals surface area contributed by atoms with E-state index in [0.717, 1.165) is 0 Å². The molecule has 0 aliphatic carbocycles. The molecule has 0 spiro atoms. The van der Waals surface area contributed by atoms with Crippen molar-refractivity contribution in [2.45, 2.75) is 6.10 Å². The second-order valence-corrected chi connectivity index (χ2v) is 1.95. The minimum Gasteiger partial charge on any atom is -0.386 e. The van der Waals surface area contributed by atoms with Crippen LogP contribution in [0.2, 0.25) is 0 Å². The van der Waals surface area contributed by atoms with Gasteiger partial charge in [0.05, 0.1) is 0 Å². The monoisotopic (exact) mass is 141 g/mol. The molecule has 1 aromatic rings. The van der Waals surface area contributed by atoms with Crippen molar-refractivity contribution in [3.63, 3.8) is 0 Å². The largest absolute Gasteiger partial charge is 0.386 e. The van der Waals surface area contributed by atoms with Gasteiger partial charge in [0.25, 0.3) is 0 Å². The van der Waals surface area contributed by atoms with Crippen LogP contribution in [-0.2, 0) is 0 Å². The molecule has 10 heavy (non-hydrogen) atoms. The molecule has 1 aromatic heterocycles. The van der Waals surface area contributed by atoms with Gasteiger partial charge >= 0.3 is 0 Å². The van der Waals surface area contributed by atoms with Crippen LogP contribution < -0.4 is 0 Å². The van der Waals surface area contributed by atoms with E-state index in [1.54, 1.807) is 12.1 Å². The molecule has 1 atom stereocenters. The number of halogens is 1. The molecular formula is C7H8FNO. The highest BCUT2D eigenvalue weighted by Gasteiger charge is 2.03. The van der Waals surface area contributed by atoms with Crippen molar-refractivity contribution < 1.29 is 9.50 Å². The first-order valence-electron chi connectivity index (χ1n) is 2.98. The Morgan fingerprint density at radius 2 is 2.10 bits per heavy atom. The molecule has 0 aromatic carbocycles. The molecule has 1 rings (SSSR count). The highest BCUT2D eigenvalue weighted by atomic mass is 19.1. The first-order chi connectivity index (χ1) is 4.84. The number of hydrogen-bond acceptors (Lipinski definition) is 2. The molecule has 0 aliphatic heterocycles. The van der Waals surface area contributed by atoms with Crippen LogP contribution in [0.5, 0.6) is 0 Å². The maximum atomic E-state index is 11.8. The topological polar surface area (TPSA) is 33.1 Å². The van der Waals surface area contributed by atoms with Crippen LogP contribution in [0.4, 0.5) is 4.39 Å². The number of pyridine rings is 1. The molecule has 0 aliphatic rings. The SMILES string of the molecule is OC(CF)c1ccncc1. The fourth-order valence-electron chi connectivity index (χ4n) is 0.675. The summed E-state index contributed by atoms with van der Waals surface area (Å²) in [5, 5.41) is 8.93. The van der Waals surface area contributed by atoms with Gasteiger partial charge in [0.15, 0.2) is 0 Å². The first-order valence-corrected chi connectivity index (χ1v) is 2.98. The third kappa shape index (κ3) is 1.51. The van der Waals surface area contributed by atoms with E-state index in [4.69, 9.17) is 5.11 Å². The second-order valence-electron chi connectivity index (χ2n) is 1.95. The molecule has 1 heterocycles. The van der Waals surface area contributed by atoms with Gasteiger partial charge in [0, 0.05) is 12.4 Å². The van der Waals surface area contributed by atoms with Crippen molar-refractivity contribution in [1.29, 1.82) is 0 Å². The highest BCUT2D eigenvalue weighted by molar-refractivity contribution is 5.12. The van der Waals surface area contributed by atoms with Gasteiger partial charge in [0.2, 0.25) is 0 Å². The lowest BCUT2D eigenvalue weighted by Gasteiger charge is -2.03. The predicted molar refractivity (Wildman–Crippen MR) is 35.2 cm³/mol. The normalized spacial score (nSPS) is 13.0. The van der Waals surface area contributed by atoms with Crippen molar-refractivity contribution in [3.05, 3.63) is 30.1 Å². The zero-order chi connectivity index (χ0) is 7.40. The first kappa shape index (κ1) is 7.15. The summed E-state index contributed by atoms with van der Waals surface area (Å²) in [6.07, 6.45) is 2.05. The van der Waals surface area contributed by atoms with Gasteiger partial charge in [-0.15, -0.1) is 0 Å². The number of aliphatic hydroxyl groups is 1. The zero-order valence-corrected chi connectivity index (χ0v) is 5.37. The number of hydrogen-bond donors (Lipinski definition) is 1. The van der Waals surface area contributed by atoms with E-state index < -0.39 is 12.8 Å². The number of aromatic nitrogens is 1. The summed E-state index contributed by atoms with van der Waals surface area (Å²) >= 11 is 0. The van der Waals surface area contributed by atoms with Crippen LogP contribution in [-0.4, -0.2) is 16.8 Å². The van der Waals surface area contributed by atoms with Crippen LogP contribution in [0.25, 0.3) is 0 Å². The number of nitrogens with zero attached hydrogens (tertiary/aromatic N) is 1. The van der Waals surface area contributed by atoms with Crippen molar-refractivity contribution in [1.82, 2.24) is 4.98 Å². The van der Waals surface area contributed by atoms with E-state index in [0.29, 0.717) is 5.56 Å². The second kappa shape index (κ2) is 3.27. The average molecular weight is 141 g/mol. The molecule has 0 amide bonds. The molecular weight excluding hydrogens is 133 g/mol. The third-order valence-corrected chi connectivity index (χ3v) is 1.24. The Morgan fingerprint density at radius 3 is 2.60 bits per heavy atom. The molecule has 0 bridgehead atoms. The van der Waals surface area contributed by atoms with Gasteiger partial charge in [-0.1, -0.05) is 0 Å². The van der Waals surface area contributed by atoms with Gasteiger partial charge in [0.1, 0.15) is 12.8 Å². The van der Waals surface area contributed by atoms with Gasteiger partial charge in [-0.2, -0.15) is 0 Å². The maximum Gasteiger partial charge on any atom is 0.119 e. The van der Waals surface area contributed by atoms with Crippen molar-refractivity contribution in [3.8, 4) is 0 Å². The Balaban J connectivity index is 2.75. The van der Waals surface area contributed by atoms with Crippen LogP contribution in [0.3, 0.4) is 0 Å². The summed E-state index contributed by atoms with van der Waals surface area (Å²) in [7, 11) is 0. The smallest absolute Gasteiger partial charge is 0.119 e. The summed E-state index contributed by atoms with van der Waals surface area (Å²) < 4.78 is 11.8. The number of aliphatic hydroxyl groups excluding tert-OH is 1. The van der Waals surface area contributed by atoms with E-state index >= 15 is 0 Å². The maximum absolute atomic E-state index is 11.8. The van der Waals surface area contributed by atoms with Gasteiger partial charge in [-0.25, -0.2) is 4.39 Å². The van der Waals surface area contributed by atoms with Crippen molar-refractivity contribution in [2.75, 3.05) is 6.67 Å². The predicted octanol–water partition coefficient (Wildman–Crippen LogP) is 1.08. The summed E-state index contributed by atoms with van der Waals surface area (Å²) in [4.78, 5) is 3.73. The van der Waals surface area contributed by atoms with Crippen LogP contribution in [0.1, 0.15) is 11.7 Å². The molecule has 1 unspecified atom stereocenters. The van der Waals surface area contributed by atoms with E-state index in [-0.39, 0.29) is 0 Å². The summed E-state index contributed by atoms with van der Waals surface area (Å²) in [6.45, 7) is -0.746. The van der Waals surface area contributed by atoms with Crippen molar-refractivity contribution >= 4 is 0 Å². The summed E-state index contributed by atoms with van der Waals surface area (Å²) in [5.74, 6) is 0. The minimum atomic E-state index is -0.997.